The highest BCUT2D eigenvalue weighted by Gasteiger charge is 2.19. The molecule has 0 saturated heterocycles. The van der Waals surface area contributed by atoms with Crippen LogP contribution in [-0.4, -0.2) is 22.2 Å². The Hall–Kier alpha value is -2.75. The van der Waals surface area contributed by atoms with E-state index in [1.165, 1.54) is 36.6 Å². The predicted octanol–water partition coefficient (Wildman–Crippen LogP) is 5.68. The molecule has 152 valence electrons. The number of hydrogen-bond acceptors (Lipinski definition) is 2. The first kappa shape index (κ1) is 19.6. The average Bonchev–Trinajstić information content (AvgIpc) is 3.37. The predicted molar refractivity (Wildman–Crippen MR) is 116 cm³/mol. The maximum Gasteiger partial charge on any atom is 0.306 e. The lowest BCUT2D eigenvalue weighted by Crippen LogP contribution is -2.12. The maximum absolute atomic E-state index is 11.3. The van der Waals surface area contributed by atoms with Crippen molar-refractivity contribution >= 4 is 16.9 Å². The smallest absolute Gasteiger partial charge is 0.306 e. The fourth-order valence-electron chi connectivity index (χ4n) is 4.40. The van der Waals surface area contributed by atoms with E-state index in [-0.39, 0.29) is 0 Å². The van der Waals surface area contributed by atoms with Crippen LogP contribution < -0.4 is 4.74 Å². The van der Waals surface area contributed by atoms with Gasteiger partial charge in [-0.1, -0.05) is 38.0 Å². The highest BCUT2D eigenvalue weighted by molar-refractivity contribution is 5.97. The van der Waals surface area contributed by atoms with Crippen molar-refractivity contribution in [3.8, 4) is 16.9 Å². The number of aromatic nitrogens is 1. The van der Waals surface area contributed by atoms with Crippen LogP contribution in [0.3, 0.4) is 0 Å². The van der Waals surface area contributed by atoms with Crippen LogP contribution in [0.2, 0.25) is 0 Å². The maximum atomic E-state index is 11.3. The number of hydrogen-bond donors (Lipinski definition) is 1. The second-order valence-electron chi connectivity index (χ2n) is 8.40. The van der Waals surface area contributed by atoms with Gasteiger partial charge in [-0.2, -0.15) is 0 Å². The van der Waals surface area contributed by atoms with E-state index in [1.807, 2.05) is 12.1 Å². The average molecular weight is 392 g/mol. The highest BCUT2D eigenvalue weighted by atomic mass is 16.5. The second kappa shape index (κ2) is 8.32. The van der Waals surface area contributed by atoms with E-state index in [1.54, 1.807) is 6.92 Å². The third-order valence-electron chi connectivity index (χ3n) is 6.17. The molecule has 4 heteroatoms. The van der Waals surface area contributed by atoms with Gasteiger partial charge in [0.1, 0.15) is 5.75 Å². The van der Waals surface area contributed by atoms with Crippen LogP contribution in [0.15, 0.2) is 48.7 Å². The van der Waals surface area contributed by atoms with Crippen LogP contribution in [-0.2, 0) is 18.3 Å². The molecule has 4 rings (SSSR count). The van der Waals surface area contributed by atoms with Gasteiger partial charge in [0, 0.05) is 29.7 Å². The molecule has 1 aliphatic carbocycles. The molecule has 1 fully saturated rings. The molecular weight excluding hydrogens is 362 g/mol. The summed E-state index contributed by atoms with van der Waals surface area (Å²) in [6.07, 6.45) is 7.68. The minimum atomic E-state index is -0.765. The number of nitrogens with zero attached hydrogens (tertiary/aromatic N) is 1. The number of benzene rings is 2. The molecule has 1 heterocycles. The third-order valence-corrected chi connectivity index (χ3v) is 6.17. The summed E-state index contributed by atoms with van der Waals surface area (Å²) in [5.74, 6) is 0.348. The molecule has 0 bridgehead atoms. The Kier molecular flexibility index (Phi) is 5.61. The standard InChI is InChI=1S/C25H29NO3/c1-17(25(27)28)14-19-10-11-24(29-16-18-6-3-4-7-18)22(15-19)20-8-5-9-23-21(20)12-13-26(23)2/h5,8-13,15,17-18H,3-4,6-7,14,16H2,1-2H3,(H,27,28). The van der Waals surface area contributed by atoms with Crippen molar-refractivity contribution in [2.24, 2.45) is 18.9 Å². The van der Waals surface area contributed by atoms with Gasteiger partial charge < -0.3 is 14.4 Å². The first-order chi connectivity index (χ1) is 14.0. The number of carboxylic acids is 1. The Morgan fingerprint density at radius 1 is 1.17 bits per heavy atom. The second-order valence-corrected chi connectivity index (χ2v) is 8.40. The highest BCUT2D eigenvalue weighted by Crippen LogP contribution is 2.37. The zero-order chi connectivity index (χ0) is 20.4. The first-order valence-corrected chi connectivity index (χ1v) is 10.6. The van der Waals surface area contributed by atoms with E-state index in [0.29, 0.717) is 12.3 Å². The Balaban J connectivity index is 1.73. The zero-order valence-corrected chi connectivity index (χ0v) is 17.2. The monoisotopic (exact) mass is 391 g/mol. The topological polar surface area (TPSA) is 51.5 Å². The van der Waals surface area contributed by atoms with E-state index in [9.17, 15) is 9.90 Å². The first-order valence-electron chi connectivity index (χ1n) is 10.6. The minimum absolute atomic E-state index is 0.416. The van der Waals surface area contributed by atoms with E-state index in [4.69, 9.17) is 4.74 Å². The fourth-order valence-corrected chi connectivity index (χ4v) is 4.40. The molecule has 29 heavy (non-hydrogen) atoms. The molecule has 1 N–H and O–H groups in total. The lowest BCUT2D eigenvalue weighted by molar-refractivity contribution is -0.141. The summed E-state index contributed by atoms with van der Waals surface area (Å²) in [4.78, 5) is 11.3. The minimum Gasteiger partial charge on any atom is -0.493 e. The summed E-state index contributed by atoms with van der Waals surface area (Å²) < 4.78 is 8.43. The molecule has 0 spiro atoms. The van der Waals surface area contributed by atoms with Crippen LogP contribution in [0.5, 0.6) is 5.75 Å². The van der Waals surface area contributed by atoms with Crippen molar-refractivity contribution in [2.45, 2.75) is 39.0 Å². The summed E-state index contributed by atoms with van der Waals surface area (Å²) in [7, 11) is 2.05. The van der Waals surface area contributed by atoms with Gasteiger partial charge in [-0.25, -0.2) is 0 Å². The molecule has 3 aromatic rings. The van der Waals surface area contributed by atoms with Gasteiger partial charge >= 0.3 is 5.97 Å². The van der Waals surface area contributed by atoms with E-state index >= 15 is 0 Å². The largest absolute Gasteiger partial charge is 0.493 e. The lowest BCUT2D eigenvalue weighted by atomic mass is 9.95. The lowest BCUT2D eigenvalue weighted by Gasteiger charge is -2.17. The van der Waals surface area contributed by atoms with Crippen LogP contribution in [0, 0.1) is 11.8 Å². The van der Waals surface area contributed by atoms with Gasteiger partial charge in [-0.15, -0.1) is 0 Å². The van der Waals surface area contributed by atoms with Gasteiger partial charge in [-0.05, 0) is 60.6 Å². The summed E-state index contributed by atoms with van der Waals surface area (Å²) >= 11 is 0. The van der Waals surface area contributed by atoms with Crippen molar-refractivity contribution in [3.63, 3.8) is 0 Å². The normalized spacial score (nSPS) is 15.7. The number of rotatable bonds is 7. The van der Waals surface area contributed by atoms with Crippen LogP contribution in [0.4, 0.5) is 0 Å². The van der Waals surface area contributed by atoms with Crippen LogP contribution in [0.25, 0.3) is 22.0 Å². The molecule has 1 aromatic heterocycles. The number of carbonyl (C=O) groups is 1. The summed E-state index contributed by atoms with van der Waals surface area (Å²) in [5.41, 5.74) is 4.38. The molecule has 0 aliphatic heterocycles. The van der Waals surface area contributed by atoms with Gasteiger partial charge in [0.05, 0.1) is 12.5 Å². The van der Waals surface area contributed by atoms with Crippen LogP contribution >= 0.6 is 0 Å². The molecule has 1 aliphatic rings. The molecule has 1 saturated carbocycles. The Bertz CT molecular complexity index is 1010. The van der Waals surface area contributed by atoms with E-state index in [2.05, 4.69) is 48.1 Å². The van der Waals surface area contributed by atoms with Crippen molar-refractivity contribution in [3.05, 3.63) is 54.2 Å². The van der Waals surface area contributed by atoms with E-state index < -0.39 is 11.9 Å². The van der Waals surface area contributed by atoms with E-state index in [0.717, 1.165) is 29.0 Å². The fraction of sp³-hybridized carbons (Fsp3) is 0.400. The summed E-state index contributed by atoms with van der Waals surface area (Å²) in [6, 6.07) is 14.6. The van der Waals surface area contributed by atoms with Gasteiger partial charge in [0.2, 0.25) is 0 Å². The zero-order valence-electron chi connectivity index (χ0n) is 17.2. The number of carboxylic acid groups (broad SMARTS) is 1. The van der Waals surface area contributed by atoms with Gasteiger partial charge in [0.25, 0.3) is 0 Å². The molecular formula is C25H29NO3. The molecule has 4 nitrogen and oxygen atoms in total. The SMILES string of the molecule is CC(Cc1ccc(OCC2CCCC2)c(-c2cccc3c2ccn3C)c1)C(=O)O. The van der Waals surface area contributed by atoms with Gasteiger partial charge in [-0.3, -0.25) is 4.79 Å². The number of fused-ring (bicyclic) bond motifs is 1. The Morgan fingerprint density at radius 2 is 1.97 bits per heavy atom. The molecule has 0 amide bonds. The van der Waals surface area contributed by atoms with Gasteiger partial charge in [0.15, 0.2) is 0 Å². The van der Waals surface area contributed by atoms with Crippen molar-refractivity contribution < 1.29 is 14.6 Å². The summed E-state index contributed by atoms with van der Waals surface area (Å²) in [5, 5.41) is 10.5. The Labute approximate surface area is 172 Å². The Morgan fingerprint density at radius 3 is 2.72 bits per heavy atom. The molecule has 1 atom stereocenters. The molecule has 0 radical (unpaired) electrons. The van der Waals surface area contributed by atoms with Crippen molar-refractivity contribution in [1.29, 1.82) is 0 Å². The number of aryl methyl sites for hydroxylation is 1. The third kappa shape index (κ3) is 4.16. The molecule has 2 aromatic carbocycles. The number of aliphatic carboxylic acids is 1. The van der Waals surface area contributed by atoms with Crippen molar-refractivity contribution in [2.75, 3.05) is 6.61 Å². The molecule has 1 unspecified atom stereocenters. The quantitative estimate of drug-likeness (QED) is 0.564. The van der Waals surface area contributed by atoms with Crippen LogP contribution in [0.1, 0.15) is 38.2 Å². The summed E-state index contributed by atoms with van der Waals surface area (Å²) in [6.45, 7) is 2.51. The van der Waals surface area contributed by atoms with Crippen molar-refractivity contribution in [1.82, 2.24) is 4.57 Å². The number of ether oxygens (including phenoxy) is 1.